The minimum absolute atomic E-state index is 0.0583. The maximum absolute atomic E-state index is 12.5. The summed E-state index contributed by atoms with van der Waals surface area (Å²) in [4.78, 5) is 27.0. The lowest BCUT2D eigenvalue weighted by atomic mass is 9.91. The standard InChI is InChI=1S/C20H27N3O3/c1-3-23(4-2)16-10-5-13-11-17(20(25)26-18(13)12-16)19(24)22-15-8-6-14(21)7-9-15/h5,10-12,14-15H,3-4,6-9,21H2,1-2H3,(H,22,24)/t14-,15-. The Hall–Kier alpha value is -2.34. The molecule has 1 amide bonds. The molecule has 140 valence electrons. The summed E-state index contributed by atoms with van der Waals surface area (Å²) in [7, 11) is 0. The monoisotopic (exact) mass is 357 g/mol. The van der Waals surface area contributed by atoms with E-state index in [1.807, 2.05) is 18.2 Å². The van der Waals surface area contributed by atoms with Crippen molar-refractivity contribution >= 4 is 22.6 Å². The second kappa shape index (κ2) is 7.91. The molecular formula is C20H27N3O3. The first-order chi connectivity index (χ1) is 12.5. The van der Waals surface area contributed by atoms with E-state index < -0.39 is 5.63 Å². The molecule has 1 heterocycles. The third-order valence-corrected chi connectivity index (χ3v) is 5.20. The van der Waals surface area contributed by atoms with E-state index in [2.05, 4.69) is 24.1 Å². The van der Waals surface area contributed by atoms with E-state index in [0.717, 1.165) is 49.8 Å². The van der Waals surface area contributed by atoms with Crippen molar-refractivity contribution in [1.82, 2.24) is 5.32 Å². The lowest BCUT2D eigenvalue weighted by molar-refractivity contribution is 0.0922. The number of benzene rings is 1. The number of amides is 1. The fraction of sp³-hybridized carbons (Fsp3) is 0.500. The van der Waals surface area contributed by atoms with Crippen molar-refractivity contribution in [2.24, 2.45) is 5.73 Å². The lowest BCUT2D eigenvalue weighted by Gasteiger charge is -2.26. The van der Waals surface area contributed by atoms with Crippen molar-refractivity contribution in [3.05, 3.63) is 40.2 Å². The zero-order valence-corrected chi connectivity index (χ0v) is 15.5. The van der Waals surface area contributed by atoms with Crippen LogP contribution in [0.5, 0.6) is 0 Å². The van der Waals surface area contributed by atoms with Gasteiger partial charge in [0.05, 0.1) is 0 Å². The molecule has 3 N–H and O–H groups in total. The zero-order chi connectivity index (χ0) is 18.7. The van der Waals surface area contributed by atoms with Gasteiger partial charge in [-0.25, -0.2) is 4.79 Å². The van der Waals surface area contributed by atoms with Crippen LogP contribution in [-0.4, -0.2) is 31.1 Å². The molecule has 1 saturated carbocycles. The predicted molar refractivity (Wildman–Crippen MR) is 104 cm³/mol. The molecule has 0 saturated heterocycles. The smallest absolute Gasteiger partial charge is 0.349 e. The Bertz CT molecular complexity index is 834. The van der Waals surface area contributed by atoms with Crippen LogP contribution in [0, 0.1) is 0 Å². The van der Waals surface area contributed by atoms with Crippen molar-refractivity contribution in [3.63, 3.8) is 0 Å². The van der Waals surface area contributed by atoms with Crippen LogP contribution in [0.3, 0.4) is 0 Å². The molecule has 0 atom stereocenters. The SMILES string of the molecule is CCN(CC)c1ccc2cc(C(=O)N[C@H]3CC[C@H](N)CC3)c(=O)oc2c1. The highest BCUT2D eigenvalue weighted by Crippen LogP contribution is 2.22. The van der Waals surface area contributed by atoms with E-state index in [-0.39, 0.29) is 23.6 Å². The molecule has 1 aliphatic carbocycles. The minimum Gasteiger partial charge on any atom is -0.422 e. The van der Waals surface area contributed by atoms with Gasteiger partial charge in [0.2, 0.25) is 0 Å². The number of carbonyl (C=O) groups excluding carboxylic acids is 1. The summed E-state index contributed by atoms with van der Waals surface area (Å²) in [6.07, 6.45) is 3.48. The van der Waals surface area contributed by atoms with Gasteiger partial charge in [-0.15, -0.1) is 0 Å². The first-order valence-electron chi connectivity index (χ1n) is 9.41. The van der Waals surface area contributed by atoms with Gasteiger partial charge < -0.3 is 20.4 Å². The second-order valence-electron chi connectivity index (χ2n) is 6.93. The van der Waals surface area contributed by atoms with Crippen LogP contribution in [-0.2, 0) is 0 Å². The molecule has 6 heteroatoms. The van der Waals surface area contributed by atoms with Crippen LogP contribution >= 0.6 is 0 Å². The highest BCUT2D eigenvalue weighted by Gasteiger charge is 2.22. The van der Waals surface area contributed by atoms with Crippen LogP contribution in [0.25, 0.3) is 11.0 Å². The molecule has 2 aromatic rings. The minimum atomic E-state index is -0.598. The first kappa shape index (κ1) is 18.5. The van der Waals surface area contributed by atoms with Crippen molar-refractivity contribution in [2.75, 3.05) is 18.0 Å². The fourth-order valence-corrected chi connectivity index (χ4v) is 3.57. The molecule has 1 aromatic carbocycles. The van der Waals surface area contributed by atoms with Crippen LogP contribution in [0.2, 0.25) is 0 Å². The number of hydrogen-bond acceptors (Lipinski definition) is 5. The van der Waals surface area contributed by atoms with E-state index in [1.54, 1.807) is 6.07 Å². The Kier molecular flexibility index (Phi) is 5.61. The number of fused-ring (bicyclic) bond motifs is 1. The van der Waals surface area contributed by atoms with Gasteiger partial charge in [-0.1, -0.05) is 0 Å². The van der Waals surface area contributed by atoms with Gasteiger partial charge in [0.1, 0.15) is 11.1 Å². The molecule has 0 aliphatic heterocycles. The third-order valence-electron chi connectivity index (χ3n) is 5.20. The van der Waals surface area contributed by atoms with Gasteiger partial charge in [-0.2, -0.15) is 0 Å². The Labute approximate surface area is 153 Å². The Balaban J connectivity index is 1.83. The quantitative estimate of drug-likeness (QED) is 0.803. The topological polar surface area (TPSA) is 88.6 Å². The first-order valence-corrected chi connectivity index (χ1v) is 9.41. The van der Waals surface area contributed by atoms with Gasteiger partial charge in [-0.05, 0) is 57.7 Å². The van der Waals surface area contributed by atoms with Gasteiger partial charge in [-0.3, -0.25) is 4.79 Å². The molecule has 1 aliphatic rings. The normalized spacial score (nSPS) is 20.1. The van der Waals surface area contributed by atoms with Crippen molar-refractivity contribution in [1.29, 1.82) is 0 Å². The lowest BCUT2D eigenvalue weighted by Crippen LogP contribution is -2.41. The summed E-state index contributed by atoms with van der Waals surface area (Å²) < 4.78 is 5.44. The highest BCUT2D eigenvalue weighted by molar-refractivity contribution is 5.97. The van der Waals surface area contributed by atoms with E-state index in [1.165, 1.54) is 0 Å². The summed E-state index contributed by atoms with van der Waals surface area (Å²) in [6, 6.07) is 7.64. The number of carbonyl (C=O) groups is 1. The molecule has 1 aromatic heterocycles. The fourth-order valence-electron chi connectivity index (χ4n) is 3.57. The van der Waals surface area contributed by atoms with Crippen LogP contribution in [0.4, 0.5) is 5.69 Å². The number of nitrogens with two attached hydrogens (primary N) is 1. The Morgan fingerprint density at radius 1 is 1.19 bits per heavy atom. The second-order valence-corrected chi connectivity index (χ2v) is 6.93. The average molecular weight is 357 g/mol. The van der Waals surface area contributed by atoms with E-state index in [0.29, 0.717) is 5.58 Å². The van der Waals surface area contributed by atoms with E-state index in [4.69, 9.17) is 10.2 Å². The van der Waals surface area contributed by atoms with Crippen LogP contribution < -0.4 is 21.6 Å². The van der Waals surface area contributed by atoms with E-state index >= 15 is 0 Å². The maximum Gasteiger partial charge on any atom is 0.349 e. The van der Waals surface area contributed by atoms with Gasteiger partial charge in [0, 0.05) is 42.3 Å². The maximum atomic E-state index is 12.5. The third kappa shape index (κ3) is 3.90. The number of hydrogen-bond donors (Lipinski definition) is 2. The van der Waals surface area contributed by atoms with Crippen LogP contribution in [0.1, 0.15) is 49.9 Å². The molecule has 0 bridgehead atoms. The number of rotatable bonds is 5. The summed E-state index contributed by atoms with van der Waals surface area (Å²) in [5, 5.41) is 3.69. The molecule has 6 nitrogen and oxygen atoms in total. The number of anilines is 1. The number of nitrogens with zero attached hydrogens (tertiary/aromatic N) is 1. The molecule has 0 radical (unpaired) electrons. The van der Waals surface area contributed by atoms with E-state index in [9.17, 15) is 9.59 Å². The van der Waals surface area contributed by atoms with Crippen molar-refractivity contribution in [3.8, 4) is 0 Å². The van der Waals surface area contributed by atoms with Gasteiger partial charge in [0.15, 0.2) is 0 Å². The van der Waals surface area contributed by atoms with Crippen molar-refractivity contribution < 1.29 is 9.21 Å². The van der Waals surface area contributed by atoms with Crippen LogP contribution in [0.15, 0.2) is 33.5 Å². The molecular weight excluding hydrogens is 330 g/mol. The zero-order valence-electron chi connectivity index (χ0n) is 15.5. The van der Waals surface area contributed by atoms with Gasteiger partial charge >= 0.3 is 5.63 Å². The Morgan fingerprint density at radius 3 is 2.54 bits per heavy atom. The van der Waals surface area contributed by atoms with Crippen molar-refractivity contribution in [2.45, 2.75) is 51.6 Å². The Morgan fingerprint density at radius 2 is 1.88 bits per heavy atom. The molecule has 26 heavy (non-hydrogen) atoms. The summed E-state index contributed by atoms with van der Waals surface area (Å²) in [5.41, 5.74) is 6.86. The average Bonchev–Trinajstić information content (AvgIpc) is 2.64. The predicted octanol–water partition coefficient (Wildman–Crippen LogP) is 2.64. The molecule has 0 spiro atoms. The largest absolute Gasteiger partial charge is 0.422 e. The highest BCUT2D eigenvalue weighted by atomic mass is 16.4. The summed E-state index contributed by atoms with van der Waals surface area (Å²) >= 11 is 0. The number of nitrogens with one attached hydrogen (secondary N) is 1. The summed E-state index contributed by atoms with van der Waals surface area (Å²) in [5.74, 6) is -0.367. The summed E-state index contributed by atoms with van der Waals surface area (Å²) in [6.45, 7) is 5.90. The molecule has 1 fully saturated rings. The van der Waals surface area contributed by atoms with Gasteiger partial charge in [0.25, 0.3) is 5.91 Å². The molecule has 0 unspecified atom stereocenters. The molecule has 3 rings (SSSR count).